The quantitative estimate of drug-likeness (QED) is 0.504. The van der Waals surface area contributed by atoms with Crippen LogP contribution < -0.4 is 0 Å². The second kappa shape index (κ2) is 7.78. The van der Waals surface area contributed by atoms with Crippen molar-refractivity contribution in [2.45, 2.75) is 78.9 Å². The molecule has 1 saturated carbocycles. The molecular formula is C24H32O6. The summed E-state index contributed by atoms with van der Waals surface area (Å²) in [6.07, 6.45) is 2.97. The van der Waals surface area contributed by atoms with Gasteiger partial charge >= 0.3 is 11.9 Å². The zero-order chi connectivity index (χ0) is 22.4. The first-order chi connectivity index (χ1) is 13.9. The summed E-state index contributed by atoms with van der Waals surface area (Å²) in [5.74, 6) is -1.52. The van der Waals surface area contributed by atoms with E-state index in [0.717, 1.165) is 6.42 Å². The average molecular weight is 417 g/mol. The van der Waals surface area contributed by atoms with E-state index in [1.54, 1.807) is 0 Å². The van der Waals surface area contributed by atoms with Crippen LogP contribution in [0.4, 0.5) is 0 Å². The molecule has 0 amide bonds. The summed E-state index contributed by atoms with van der Waals surface area (Å²) in [5, 5.41) is 0. The number of hydrogen-bond acceptors (Lipinski definition) is 6. The standard InChI is InChI=1S/C24H32O6/c1-13-16-7-8-20(27)24(6)19(23(4,5)10-9-21(24)30-15(3)26)12-18(29-14(2)25)17(11-16)22(13)28/h11,16,18-19,21H,1,7-10,12H2,2-6H3/t16-,18-,19-,21-,24-/m1/s1. The number of ether oxygens (including phenoxy) is 2. The molecule has 0 heterocycles. The lowest BCUT2D eigenvalue weighted by atomic mass is 9.51. The molecule has 0 spiro atoms. The minimum atomic E-state index is -0.923. The first kappa shape index (κ1) is 22.4. The molecule has 0 aromatic rings. The molecule has 0 unspecified atom stereocenters. The molecule has 0 radical (unpaired) electrons. The monoisotopic (exact) mass is 416 g/mol. The fourth-order valence-electron chi connectivity index (χ4n) is 5.80. The number of fused-ring (bicyclic) bond motifs is 2. The molecule has 1 fully saturated rings. The van der Waals surface area contributed by atoms with Gasteiger partial charge in [-0.15, -0.1) is 0 Å². The predicted octanol–water partition coefficient (Wildman–Crippen LogP) is 3.73. The van der Waals surface area contributed by atoms with Gasteiger partial charge in [0.05, 0.1) is 5.41 Å². The lowest BCUT2D eigenvalue weighted by Crippen LogP contribution is -2.57. The Balaban J connectivity index is 2.13. The van der Waals surface area contributed by atoms with Gasteiger partial charge in [0, 0.05) is 31.8 Å². The molecule has 3 rings (SSSR count). The van der Waals surface area contributed by atoms with E-state index in [1.165, 1.54) is 13.8 Å². The smallest absolute Gasteiger partial charge is 0.303 e. The molecule has 164 valence electrons. The van der Waals surface area contributed by atoms with Gasteiger partial charge in [-0.25, -0.2) is 0 Å². The van der Waals surface area contributed by atoms with Crippen molar-refractivity contribution in [2.24, 2.45) is 22.7 Å². The lowest BCUT2D eigenvalue weighted by Gasteiger charge is -2.54. The molecule has 0 aliphatic heterocycles. The SMILES string of the molecule is C=C1C(=O)C2=C[C@H]1CCC(=O)[C@@]1(C)[C@H](C[C@H]2OC(C)=O)C(C)(C)CC[C@H]1OC(C)=O. The molecule has 5 atom stereocenters. The van der Waals surface area contributed by atoms with E-state index < -0.39 is 29.6 Å². The van der Waals surface area contributed by atoms with Crippen LogP contribution in [-0.4, -0.2) is 35.7 Å². The molecule has 6 heteroatoms. The van der Waals surface area contributed by atoms with Crippen molar-refractivity contribution in [3.8, 4) is 0 Å². The highest BCUT2D eigenvalue weighted by Crippen LogP contribution is 2.56. The minimum absolute atomic E-state index is 0.0251. The highest BCUT2D eigenvalue weighted by molar-refractivity contribution is 6.12. The third kappa shape index (κ3) is 3.77. The lowest BCUT2D eigenvalue weighted by molar-refractivity contribution is -0.178. The van der Waals surface area contributed by atoms with E-state index in [2.05, 4.69) is 20.4 Å². The normalized spacial score (nSPS) is 35.9. The van der Waals surface area contributed by atoms with Crippen LogP contribution in [0.5, 0.6) is 0 Å². The van der Waals surface area contributed by atoms with Crippen LogP contribution in [0.1, 0.15) is 66.7 Å². The number of Topliss-reactive ketones (excluding diaryl/α,β-unsaturated/α-hetero) is 2. The molecule has 0 aromatic heterocycles. The molecule has 0 N–H and O–H groups in total. The van der Waals surface area contributed by atoms with Crippen molar-refractivity contribution in [2.75, 3.05) is 0 Å². The summed E-state index contributed by atoms with van der Waals surface area (Å²) in [4.78, 5) is 50.2. The van der Waals surface area contributed by atoms with Gasteiger partial charge in [-0.05, 0) is 49.5 Å². The first-order valence-electron chi connectivity index (χ1n) is 10.7. The van der Waals surface area contributed by atoms with Gasteiger partial charge in [-0.2, -0.15) is 0 Å². The van der Waals surface area contributed by atoms with Crippen LogP contribution in [0.25, 0.3) is 0 Å². The molecule has 3 aliphatic rings. The molecule has 3 aliphatic carbocycles. The van der Waals surface area contributed by atoms with Crippen LogP contribution in [0.15, 0.2) is 23.8 Å². The van der Waals surface area contributed by atoms with Crippen LogP contribution >= 0.6 is 0 Å². The Morgan fingerprint density at radius 2 is 1.70 bits per heavy atom. The maximum atomic E-state index is 13.6. The van der Waals surface area contributed by atoms with E-state index in [9.17, 15) is 19.2 Å². The minimum Gasteiger partial charge on any atom is -0.461 e. The third-order valence-corrected chi connectivity index (χ3v) is 7.47. The average Bonchev–Trinajstić information content (AvgIpc) is 2.91. The van der Waals surface area contributed by atoms with Crippen LogP contribution in [0.2, 0.25) is 0 Å². The van der Waals surface area contributed by atoms with Crippen molar-refractivity contribution >= 4 is 23.5 Å². The molecule has 2 bridgehead atoms. The van der Waals surface area contributed by atoms with Crippen LogP contribution in [0, 0.1) is 22.7 Å². The van der Waals surface area contributed by atoms with Gasteiger partial charge in [0.2, 0.25) is 0 Å². The highest BCUT2D eigenvalue weighted by Gasteiger charge is 2.58. The second-order valence-corrected chi connectivity index (χ2v) is 9.84. The molecular weight excluding hydrogens is 384 g/mol. The van der Waals surface area contributed by atoms with Gasteiger partial charge in [0.15, 0.2) is 5.78 Å². The number of carbonyl (C=O) groups excluding carboxylic acids is 4. The first-order valence-corrected chi connectivity index (χ1v) is 10.7. The highest BCUT2D eigenvalue weighted by atomic mass is 16.5. The van der Waals surface area contributed by atoms with E-state index >= 15 is 0 Å². The number of allylic oxidation sites excluding steroid dienone is 2. The molecule has 0 saturated heterocycles. The van der Waals surface area contributed by atoms with Crippen molar-refractivity contribution in [3.63, 3.8) is 0 Å². The zero-order valence-corrected chi connectivity index (χ0v) is 18.6. The van der Waals surface area contributed by atoms with Crippen molar-refractivity contribution in [3.05, 3.63) is 23.8 Å². The van der Waals surface area contributed by atoms with Gasteiger partial charge in [-0.3, -0.25) is 19.2 Å². The van der Waals surface area contributed by atoms with E-state index in [1.807, 2.05) is 13.0 Å². The Morgan fingerprint density at radius 3 is 2.30 bits per heavy atom. The number of hydrogen-bond donors (Lipinski definition) is 0. The summed E-state index contributed by atoms with van der Waals surface area (Å²) >= 11 is 0. The van der Waals surface area contributed by atoms with E-state index in [-0.39, 0.29) is 35.2 Å². The van der Waals surface area contributed by atoms with Gasteiger partial charge in [-0.1, -0.05) is 26.5 Å². The summed E-state index contributed by atoms with van der Waals surface area (Å²) in [6, 6.07) is 0. The molecule has 30 heavy (non-hydrogen) atoms. The Labute approximate surface area is 178 Å². The summed E-state index contributed by atoms with van der Waals surface area (Å²) in [6.45, 7) is 12.7. The summed E-state index contributed by atoms with van der Waals surface area (Å²) in [7, 11) is 0. The Bertz CT molecular complexity index is 835. The molecule has 0 aromatic carbocycles. The van der Waals surface area contributed by atoms with Gasteiger partial charge < -0.3 is 9.47 Å². The number of rotatable bonds is 2. The fraction of sp³-hybridized carbons (Fsp3) is 0.667. The van der Waals surface area contributed by atoms with E-state index in [4.69, 9.17) is 9.47 Å². The summed E-state index contributed by atoms with van der Waals surface area (Å²) in [5.41, 5.74) is -0.284. The van der Waals surface area contributed by atoms with Crippen molar-refractivity contribution in [1.29, 1.82) is 0 Å². The largest absolute Gasteiger partial charge is 0.461 e. The third-order valence-electron chi connectivity index (χ3n) is 7.47. The number of carbonyl (C=O) groups is 4. The van der Waals surface area contributed by atoms with Gasteiger partial charge in [0.1, 0.15) is 18.0 Å². The van der Waals surface area contributed by atoms with E-state index in [0.29, 0.717) is 30.4 Å². The van der Waals surface area contributed by atoms with Crippen LogP contribution in [0.3, 0.4) is 0 Å². The maximum absolute atomic E-state index is 13.6. The Kier molecular flexibility index (Phi) is 5.82. The Morgan fingerprint density at radius 1 is 1.07 bits per heavy atom. The van der Waals surface area contributed by atoms with Crippen LogP contribution in [-0.2, 0) is 28.7 Å². The second-order valence-electron chi connectivity index (χ2n) is 9.84. The predicted molar refractivity (Wildman–Crippen MR) is 110 cm³/mol. The Hall–Kier alpha value is -2.24. The summed E-state index contributed by atoms with van der Waals surface area (Å²) < 4.78 is 11.3. The van der Waals surface area contributed by atoms with Crippen molar-refractivity contribution < 1.29 is 28.7 Å². The fourth-order valence-corrected chi connectivity index (χ4v) is 5.80. The number of ketones is 2. The maximum Gasteiger partial charge on any atom is 0.303 e. The zero-order valence-electron chi connectivity index (χ0n) is 18.6. The molecule has 6 nitrogen and oxygen atoms in total. The topological polar surface area (TPSA) is 86.7 Å². The van der Waals surface area contributed by atoms with Gasteiger partial charge in [0.25, 0.3) is 0 Å². The van der Waals surface area contributed by atoms with Crippen molar-refractivity contribution in [1.82, 2.24) is 0 Å². The number of esters is 2.